The van der Waals surface area contributed by atoms with E-state index in [1.807, 2.05) is 0 Å². The molecule has 0 aliphatic heterocycles. The summed E-state index contributed by atoms with van der Waals surface area (Å²) in [7, 11) is 0. The average molecular weight is 274 g/mol. The topological polar surface area (TPSA) is 42.1 Å². The summed E-state index contributed by atoms with van der Waals surface area (Å²) in [6.07, 6.45) is 6.14. The molecule has 0 spiro atoms. The Balaban J connectivity index is 2.03. The quantitative estimate of drug-likeness (QED) is 0.471. The average Bonchev–Trinajstić information content (AvgIpc) is 2.76. The Hall–Kier alpha value is -0.770. The van der Waals surface area contributed by atoms with Crippen LogP contribution in [-0.2, 0) is 4.74 Å². The molecule has 0 saturated heterocycles. The van der Waals surface area contributed by atoms with Crippen molar-refractivity contribution in [2.75, 3.05) is 11.9 Å². The van der Waals surface area contributed by atoms with Gasteiger partial charge in [0.2, 0.25) is 0 Å². The lowest BCUT2D eigenvalue weighted by Crippen LogP contribution is -2.06. The van der Waals surface area contributed by atoms with Gasteiger partial charge in [-0.2, -0.15) is 0 Å². The molecule has 0 radical (unpaired) electrons. The normalized spacial score (nSPS) is 10.2. The predicted molar refractivity (Wildman–Crippen MR) is 63.3 cm³/mol. The molecule has 15 heavy (non-hydrogen) atoms. The van der Waals surface area contributed by atoms with Crippen LogP contribution in [0.2, 0.25) is 0 Å². The Bertz CT molecular complexity index is 272. The number of ether oxygens (including phenoxy) is 1. The molecule has 1 rings (SSSR count). The van der Waals surface area contributed by atoms with E-state index in [9.17, 15) is 4.79 Å². The fraction of sp³-hybridized carbons (Fsp3) is 0.545. The highest BCUT2D eigenvalue weighted by molar-refractivity contribution is 9.09. The molecule has 0 unspecified atom stereocenters. The zero-order valence-electron chi connectivity index (χ0n) is 8.67. The molecule has 0 amide bonds. The van der Waals surface area contributed by atoms with E-state index in [0.717, 1.165) is 18.2 Å². The number of halogens is 1. The van der Waals surface area contributed by atoms with Crippen molar-refractivity contribution in [2.24, 2.45) is 0 Å². The number of rotatable bonds is 7. The number of aromatic amines is 1. The number of unbranched alkanes of at least 4 members (excludes halogenated alkanes) is 3. The summed E-state index contributed by atoms with van der Waals surface area (Å²) in [5.74, 6) is -0.263. The second-order valence-corrected chi connectivity index (χ2v) is 4.12. The number of alkyl halides is 1. The highest BCUT2D eigenvalue weighted by Crippen LogP contribution is 2.03. The molecule has 3 nitrogen and oxygen atoms in total. The summed E-state index contributed by atoms with van der Waals surface area (Å²) >= 11 is 3.38. The number of aromatic nitrogens is 1. The van der Waals surface area contributed by atoms with E-state index >= 15 is 0 Å². The van der Waals surface area contributed by atoms with E-state index in [2.05, 4.69) is 20.9 Å². The van der Waals surface area contributed by atoms with Crippen molar-refractivity contribution in [3.05, 3.63) is 24.0 Å². The smallest absolute Gasteiger partial charge is 0.354 e. The number of hydrogen-bond donors (Lipinski definition) is 1. The monoisotopic (exact) mass is 273 g/mol. The maximum atomic E-state index is 11.3. The van der Waals surface area contributed by atoms with Crippen molar-refractivity contribution < 1.29 is 9.53 Å². The van der Waals surface area contributed by atoms with Gasteiger partial charge in [-0.25, -0.2) is 4.79 Å². The van der Waals surface area contributed by atoms with Gasteiger partial charge in [0.15, 0.2) is 0 Å². The number of carbonyl (C=O) groups is 1. The Morgan fingerprint density at radius 1 is 1.33 bits per heavy atom. The first-order chi connectivity index (χ1) is 7.34. The Kier molecular flexibility index (Phi) is 6.16. The van der Waals surface area contributed by atoms with E-state index in [1.165, 1.54) is 12.8 Å². The van der Waals surface area contributed by atoms with Crippen LogP contribution >= 0.6 is 15.9 Å². The second kappa shape index (κ2) is 7.51. The molecule has 0 fully saturated rings. The maximum Gasteiger partial charge on any atom is 0.354 e. The van der Waals surface area contributed by atoms with Crippen LogP contribution in [0.4, 0.5) is 0 Å². The molecule has 0 aliphatic rings. The van der Waals surface area contributed by atoms with Crippen molar-refractivity contribution in [1.82, 2.24) is 4.98 Å². The summed E-state index contributed by atoms with van der Waals surface area (Å²) in [5, 5.41) is 1.05. The first kappa shape index (κ1) is 12.3. The number of carbonyl (C=O) groups excluding carboxylic acids is 1. The molecular weight excluding hydrogens is 258 g/mol. The van der Waals surface area contributed by atoms with Gasteiger partial charge in [0.05, 0.1) is 6.61 Å². The van der Waals surface area contributed by atoms with Gasteiger partial charge in [-0.1, -0.05) is 28.8 Å². The van der Waals surface area contributed by atoms with Gasteiger partial charge in [-0.3, -0.25) is 0 Å². The molecule has 0 bridgehead atoms. The van der Waals surface area contributed by atoms with Gasteiger partial charge in [-0.05, 0) is 25.0 Å². The Morgan fingerprint density at radius 3 is 2.80 bits per heavy atom. The van der Waals surface area contributed by atoms with Gasteiger partial charge >= 0.3 is 5.97 Å². The first-order valence-electron chi connectivity index (χ1n) is 5.21. The predicted octanol–water partition coefficient (Wildman–Crippen LogP) is 3.13. The fourth-order valence-electron chi connectivity index (χ4n) is 1.25. The number of nitrogens with one attached hydrogen (secondary N) is 1. The van der Waals surface area contributed by atoms with Crippen LogP contribution < -0.4 is 0 Å². The molecule has 1 heterocycles. The number of H-pyrrole nitrogens is 1. The SMILES string of the molecule is O=C(OCCCCCCBr)c1ccc[nH]1. The number of esters is 1. The molecule has 0 atom stereocenters. The van der Waals surface area contributed by atoms with Crippen LogP contribution in [-0.4, -0.2) is 22.9 Å². The third-order valence-electron chi connectivity index (χ3n) is 2.08. The van der Waals surface area contributed by atoms with E-state index in [-0.39, 0.29) is 5.97 Å². The van der Waals surface area contributed by atoms with Gasteiger partial charge in [0.1, 0.15) is 5.69 Å². The lowest BCUT2D eigenvalue weighted by Gasteiger charge is -2.02. The molecule has 1 aromatic heterocycles. The van der Waals surface area contributed by atoms with Crippen molar-refractivity contribution in [2.45, 2.75) is 25.7 Å². The lowest BCUT2D eigenvalue weighted by atomic mass is 10.2. The second-order valence-electron chi connectivity index (χ2n) is 3.32. The molecule has 84 valence electrons. The van der Waals surface area contributed by atoms with Crippen LogP contribution in [0, 0.1) is 0 Å². The molecule has 0 aromatic carbocycles. The minimum absolute atomic E-state index is 0.263. The van der Waals surface area contributed by atoms with Crippen LogP contribution in [0.15, 0.2) is 18.3 Å². The lowest BCUT2D eigenvalue weighted by molar-refractivity contribution is 0.0492. The highest BCUT2D eigenvalue weighted by Gasteiger charge is 2.05. The van der Waals surface area contributed by atoms with Crippen molar-refractivity contribution in [1.29, 1.82) is 0 Å². The molecule has 0 saturated carbocycles. The van der Waals surface area contributed by atoms with Gasteiger partial charge in [-0.15, -0.1) is 0 Å². The van der Waals surface area contributed by atoms with Crippen molar-refractivity contribution in [3.63, 3.8) is 0 Å². The summed E-state index contributed by atoms with van der Waals surface area (Å²) < 4.78 is 5.08. The highest BCUT2D eigenvalue weighted by atomic mass is 79.9. The fourth-order valence-corrected chi connectivity index (χ4v) is 1.65. The first-order valence-corrected chi connectivity index (χ1v) is 6.33. The maximum absolute atomic E-state index is 11.3. The third kappa shape index (κ3) is 5.02. The van der Waals surface area contributed by atoms with E-state index in [0.29, 0.717) is 12.3 Å². The standard InChI is InChI=1S/C11H16BrNO2/c12-7-3-1-2-4-9-15-11(14)10-6-5-8-13-10/h5-6,8,13H,1-4,7,9H2. The zero-order chi connectivity index (χ0) is 10.9. The van der Waals surface area contributed by atoms with E-state index in [1.54, 1.807) is 18.3 Å². The molecule has 1 aromatic rings. The largest absolute Gasteiger partial charge is 0.461 e. The van der Waals surface area contributed by atoms with Crippen LogP contribution in [0.1, 0.15) is 36.2 Å². The van der Waals surface area contributed by atoms with Crippen LogP contribution in [0.5, 0.6) is 0 Å². The van der Waals surface area contributed by atoms with Gasteiger partial charge in [0.25, 0.3) is 0 Å². The summed E-state index contributed by atoms with van der Waals surface area (Å²) in [5.41, 5.74) is 0.524. The van der Waals surface area contributed by atoms with Crippen molar-refractivity contribution in [3.8, 4) is 0 Å². The van der Waals surface area contributed by atoms with E-state index < -0.39 is 0 Å². The zero-order valence-corrected chi connectivity index (χ0v) is 10.3. The molecule has 0 aliphatic carbocycles. The van der Waals surface area contributed by atoms with E-state index in [4.69, 9.17) is 4.74 Å². The summed E-state index contributed by atoms with van der Waals surface area (Å²) in [4.78, 5) is 14.2. The molecular formula is C11H16BrNO2. The van der Waals surface area contributed by atoms with Crippen LogP contribution in [0.3, 0.4) is 0 Å². The van der Waals surface area contributed by atoms with Gasteiger partial charge in [0, 0.05) is 11.5 Å². The summed E-state index contributed by atoms with van der Waals surface area (Å²) in [6.45, 7) is 0.514. The Labute approximate surface area is 98.3 Å². The Morgan fingerprint density at radius 2 is 2.13 bits per heavy atom. The third-order valence-corrected chi connectivity index (χ3v) is 2.64. The minimum atomic E-state index is -0.263. The molecule has 1 N–H and O–H groups in total. The number of hydrogen-bond acceptors (Lipinski definition) is 2. The van der Waals surface area contributed by atoms with Crippen LogP contribution in [0.25, 0.3) is 0 Å². The molecule has 4 heteroatoms. The minimum Gasteiger partial charge on any atom is -0.461 e. The van der Waals surface area contributed by atoms with Crippen molar-refractivity contribution >= 4 is 21.9 Å². The summed E-state index contributed by atoms with van der Waals surface area (Å²) in [6, 6.07) is 3.50. The van der Waals surface area contributed by atoms with Gasteiger partial charge < -0.3 is 9.72 Å².